The van der Waals surface area contributed by atoms with E-state index in [9.17, 15) is 19.2 Å². The van der Waals surface area contributed by atoms with Gasteiger partial charge in [0.2, 0.25) is 17.7 Å². The minimum absolute atomic E-state index is 0.0492. The molecule has 2 aliphatic rings. The van der Waals surface area contributed by atoms with E-state index in [1.54, 1.807) is 13.8 Å². The number of nitrogens with one attached hydrogen (secondary N) is 2. The van der Waals surface area contributed by atoms with E-state index in [0.717, 1.165) is 17.7 Å². The van der Waals surface area contributed by atoms with Crippen LogP contribution in [0.25, 0.3) is 0 Å². The lowest BCUT2D eigenvalue weighted by atomic mass is 9.81. The SMILES string of the molecule is CNC(=O)C(C)(C)CN1C(=O)NC(=O)C2(CCCC2)C1=O. The summed E-state index contributed by atoms with van der Waals surface area (Å²) >= 11 is 0. The average Bonchev–Trinajstić information content (AvgIpc) is 2.92. The van der Waals surface area contributed by atoms with Gasteiger partial charge in [-0.2, -0.15) is 0 Å². The number of hydrogen-bond donors (Lipinski definition) is 2. The maximum atomic E-state index is 12.7. The molecule has 0 atom stereocenters. The number of carbonyl (C=O) groups is 4. The molecule has 21 heavy (non-hydrogen) atoms. The van der Waals surface area contributed by atoms with Crippen molar-refractivity contribution in [2.45, 2.75) is 39.5 Å². The number of nitrogens with zero attached hydrogens (tertiary/aromatic N) is 1. The first-order valence-electron chi connectivity index (χ1n) is 7.14. The van der Waals surface area contributed by atoms with Crippen LogP contribution in [-0.4, -0.2) is 42.2 Å². The van der Waals surface area contributed by atoms with Gasteiger partial charge in [0.05, 0.1) is 5.41 Å². The fraction of sp³-hybridized carbons (Fsp3) is 0.714. The second kappa shape index (κ2) is 5.13. The van der Waals surface area contributed by atoms with Crippen molar-refractivity contribution in [3.63, 3.8) is 0 Å². The molecule has 5 amide bonds. The summed E-state index contributed by atoms with van der Waals surface area (Å²) in [5.74, 6) is -1.23. The van der Waals surface area contributed by atoms with Crippen molar-refractivity contribution in [2.24, 2.45) is 10.8 Å². The van der Waals surface area contributed by atoms with E-state index in [1.165, 1.54) is 7.05 Å². The summed E-state index contributed by atoms with van der Waals surface area (Å²) in [6.45, 7) is 3.26. The van der Waals surface area contributed by atoms with Gasteiger partial charge in [-0.1, -0.05) is 12.8 Å². The van der Waals surface area contributed by atoms with Crippen LogP contribution in [0.5, 0.6) is 0 Å². The predicted molar refractivity (Wildman–Crippen MR) is 74.0 cm³/mol. The van der Waals surface area contributed by atoms with Crippen molar-refractivity contribution in [2.75, 3.05) is 13.6 Å². The Morgan fingerprint density at radius 1 is 1.29 bits per heavy atom. The molecular weight excluding hydrogens is 274 g/mol. The number of imide groups is 2. The van der Waals surface area contributed by atoms with Gasteiger partial charge in [-0.05, 0) is 26.7 Å². The molecule has 7 heteroatoms. The number of rotatable bonds is 3. The van der Waals surface area contributed by atoms with Crippen LogP contribution in [0.2, 0.25) is 0 Å². The first kappa shape index (κ1) is 15.5. The Balaban J connectivity index is 2.27. The lowest BCUT2D eigenvalue weighted by Gasteiger charge is -2.39. The Morgan fingerprint density at radius 2 is 1.86 bits per heavy atom. The Bertz CT molecular complexity index is 506. The highest BCUT2D eigenvalue weighted by molar-refractivity contribution is 6.19. The minimum atomic E-state index is -1.12. The minimum Gasteiger partial charge on any atom is -0.359 e. The molecule has 2 rings (SSSR count). The van der Waals surface area contributed by atoms with Gasteiger partial charge in [0, 0.05) is 13.6 Å². The fourth-order valence-electron chi connectivity index (χ4n) is 3.10. The summed E-state index contributed by atoms with van der Waals surface area (Å²) in [6, 6.07) is -0.737. The van der Waals surface area contributed by atoms with Crippen LogP contribution in [0.1, 0.15) is 39.5 Å². The zero-order valence-corrected chi connectivity index (χ0v) is 12.6. The lowest BCUT2D eigenvalue weighted by molar-refractivity contribution is -0.152. The maximum Gasteiger partial charge on any atom is 0.330 e. The summed E-state index contributed by atoms with van der Waals surface area (Å²) < 4.78 is 0. The molecule has 1 spiro atoms. The molecule has 0 aromatic heterocycles. The van der Waals surface area contributed by atoms with Gasteiger partial charge < -0.3 is 5.32 Å². The molecule has 1 saturated carbocycles. The zero-order chi connectivity index (χ0) is 15.8. The topological polar surface area (TPSA) is 95.6 Å². The molecule has 1 aliphatic carbocycles. The molecule has 0 aromatic rings. The summed E-state index contributed by atoms with van der Waals surface area (Å²) in [6.07, 6.45) is 2.50. The van der Waals surface area contributed by atoms with E-state index in [1.807, 2.05) is 0 Å². The van der Waals surface area contributed by atoms with Crippen LogP contribution in [0.4, 0.5) is 4.79 Å². The fourth-order valence-corrected chi connectivity index (χ4v) is 3.10. The van der Waals surface area contributed by atoms with E-state index < -0.39 is 28.7 Å². The quantitative estimate of drug-likeness (QED) is 0.737. The van der Waals surface area contributed by atoms with Crippen LogP contribution in [0, 0.1) is 10.8 Å². The Kier molecular flexibility index (Phi) is 3.78. The lowest BCUT2D eigenvalue weighted by Crippen LogP contribution is -2.65. The predicted octanol–water partition coefficient (Wildman–Crippen LogP) is 0.397. The first-order chi connectivity index (χ1) is 9.74. The Labute approximate surface area is 123 Å². The molecule has 2 fully saturated rings. The van der Waals surface area contributed by atoms with Crippen molar-refractivity contribution in [1.82, 2.24) is 15.5 Å². The molecule has 2 N–H and O–H groups in total. The molecule has 0 unspecified atom stereocenters. The number of carbonyl (C=O) groups excluding carboxylic acids is 4. The number of amides is 5. The van der Waals surface area contributed by atoms with Crippen molar-refractivity contribution in [1.29, 1.82) is 0 Å². The summed E-state index contributed by atoms with van der Waals surface area (Å²) in [4.78, 5) is 49.6. The monoisotopic (exact) mass is 295 g/mol. The zero-order valence-electron chi connectivity index (χ0n) is 12.6. The van der Waals surface area contributed by atoms with Crippen molar-refractivity contribution in [3.05, 3.63) is 0 Å². The average molecular weight is 295 g/mol. The third-order valence-electron chi connectivity index (χ3n) is 4.41. The summed E-state index contributed by atoms with van der Waals surface area (Å²) in [7, 11) is 1.50. The van der Waals surface area contributed by atoms with Gasteiger partial charge >= 0.3 is 6.03 Å². The number of urea groups is 1. The van der Waals surface area contributed by atoms with Crippen LogP contribution >= 0.6 is 0 Å². The highest BCUT2D eigenvalue weighted by Gasteiger charge is 2.55. The van der Waals surface area contributed by atoms with Crippen LogP contribution < -0.4 is 10.6 Å². The smallest absolute Gasteiger partial charge is 0.330 e. The van der Waals surface area contributed by atoms with E-state index in [4.69, 9.17) is 0 Å². The largest absolute Gasteiger partial charge is 0.359 e. The molecule has 1 saturated heterocycles. The summed E-state index contributed by atoms with van der Waals surface area (Å²) in [5, 5.41) is 4.79. The summed E-state index contributed by atoms with van der Waals surface area (Å²) in [5.41, 5.74) is -2.03. The van der Waals surface area contributed by atoms with E-state index >= 15 is 0 Å². The molecular formula is C14H21N3O4. The molecule has 7 nitrogen and oxygen atoms in total. The number of hydrogen-bond acceptors (Lipinski definition) is 4. The second-order valence-corrected chi connectivity index (χ2v) is 6.40. The van der Waals surface area contributed by atoms with E-state index in [2.05, 4.69) is 10.6 Å². The number of barbiturate groups is 1. The van der Waals surface area contributed by atoms with Crippen molar-refractivity contribution < 1.29 is 19.2 Å². The molecule has 116 valence electrons. The third kappa shape index (κ3) is 2.41. The molecule has 0 aromatic carbocycles. The third-order valence-corrected chi connectivity index (χ3v) is 4.41. The van der Waals surface area contributed by atoms with Crippen molar-refractivity contribution >= 4 is 23.8 Å². The van der Waals surface area contributed by atoms with Crippen molar-refractivity contribution in [3.8, 4) is 0 Å². The van der Waals surface area contributed by atoms with Gasteiger partial charge in [0.1, 0.15) is 5.41 Å². The van der Waals surface area contributed by atoms with Gasteiger partial charge in [0.25, 0.3) is 0 Å². The standard InChI is InChI=1S/C14H21N3O4/c1-13(2,9(18)15-3)8-17-11(20)14(6-4-5-7-14)10(19)16-12(17)21/h4-8H2,1-3H3,(H,15,18)(H,16,19,21). The Morgan fingerprint density at radius 3 is 2.38 bits per heavy atom. The molecule has 1 aliphatic heterocycles. The molecule has 1 heterocycles. The highest BCUT2D eigenvalue weighted by atomic mass is 16.2. The van der Waals surface area contributed by atoms with Gasteiger partial charge in [-0.15, -0.1) is 0 Å². The van der Waals surface area contributed by atoms with Gasteiger partial charge in [-0.3, -0.25) is 24.6 Å². The Hall–Kier alpha value is -1.92. The first-order valence-corrected chi connectivity index (χ1v) is 7.14. The molecule has 0 bridgehead atoms. The normalized spacial score (nSPS) is 21.7. The van der Waals surface area contributed by atoms with Crippen LogP contribution in [0.15, 0.2) is 0 Å². The van der Waals surface area contributed by atoms with E-state index in [0.29, 0.717) is 12.8 Å². The van der Waals surface area contributed by atoms with E-state index in [-0.39, 0.29) is 12.5 Å². The van der Waals surface area contributed by atoms with Gasteiger partial charge in [0.15, 0.2) is 0 Å². The second-order valence-electron chi connectivity index (χ2n) is 6.40. The van der Waals surface area contributed by atoms with Gasteiger partial charge in [-0.25, -0.2) is 4.79 Å². The maximum absolute atomic E-state index is 12.7. The highest BCUT2D eigenvalue weighted by Crippen LogP contribution is 2.42. The molecule has 0 radical (unpaired) electrons. The van der Waals surface area contributed by atoms with Crippen LogP contribution in [-0.2, 0) is 14.4 Å². The van der Waals surface area contributed by atoms with Crippen LogP contribution in [0.3, 0.4) is 0 Å².